The van der Waals surface area contributed by atoms with Gasteiger partial charge in [0.25, 0.3) is 0 Å². The second-order valence-corrected chi connectivity index (χ2v) is 5.11. The molecule has 0 unspecified atom stereocenters. The number of ether oxygens (including phenoxy) is 3. The van der Waals surface area contributed by atoms with E-state index in [2.05, 4.69) is 11.2 Å². The van der Waals surface area contributed by atoms with E-state index in [4.69, 9.17) is 20.6 Å². The molecule has 1 aromatic rings. The third-order valence-electron chi connectivity index (χ3n) is 3.54. The summed E-state index contributed by atoms with van der Waals surface area (Å²) in [6.07, 6.45) is 9.17. The average Bonchev–Trinajstić information content (AvgIpc) is 2.58. The molecular formula is C18H23NO4. The molecule has 5 nitrogen and oxygen atoms in total. The van der Waals surface area contributed by atoms with E-state index in [9.17, 15) is 4.79 Å². The Kier molecular flexibility index (Phi) is 6.52. The molecule has 1 amide bonds. The predicted octanol–water partition coefficient (Wildman–Crippen LogP) is 2.64. The van der Waals surface area contributed by atoms with Gasteiger partial charge in [-0.1, -0.05) is 12.8 Å². The number of rotatable bonds is 7. The van der Waals surface area contributed by atoms with Crippen LogP contribution in [0, 0.1) is 12.3 Å². The Bertz CT molecular complexity index is 605. The van der Waals surface area contributed by atoms with Gasteiger partial charge in [-0.15, -0.1) is 6.42 Å². The van der Waals surface area contributed by atoms with Crippen LogP contribution in [0.4, 0.5) is 0 Å². The van der Waals surface area contributed by atoms with Gasteiger partial charge < -0.3 is 19.5 Å². The Morgan fingerprint density at radius 3 is 2.22 bits per heavy atom. The zero-order valence-corrected chi connectivity index (χ0v) is 14.2. The molecule has 0 aliphatic heterocycles. The maximum absolute atomic E-state index is 12.0. The second-order valence-electron chi connectivity index (χ2n) is 5.11. The van der Waals surface area contributed by atoms with E-state index in [1.807, 2.05) is 6.92 Å². The highest BCUT2D eigenvalue weighted by atomic mass is 16.5. The Labute approximate surface area is 137 Å². The third kappa shape index (κ3) is 4.68. The minimum Gasteiger partial charge on any atom is -0.493 e. The van der Waals surface area contributed by atoms with Gasteiger partial charge in [-0.3, -0.25) is 4.79 Å². The lowest BCUT2D eigenvalue weighted by Crippen LogP contribution is -2.43. The number of terminal acetylenes is 1. The van der Waals surface area contributed by atoms with E-state index in [0.717, 1.165) is 5.56 Å². The zero-order valence-electron chi connectivity index (χ0n) is 14.2. The fourth-order valence-corrected chi connectivity index (χ4v) is 1.91. The summed E-state index contributed by atoms with van der Waals surface area (Å²) >= 11 is 0. The molecule has 0 spiro atoms. The summed E-state index contributed by atoms with van der Waals surface area (Å²) in [6, 6.07) is 3.51. The van der Waals surface area contributed by atoms with Gasteiger partial charge in [0.15, 0.2) is 11.5 Å². The van der Waals surface area contributed by atoms with E-state index in [0.29, 0.717) is 23.7 Å². The Hall–Kier alpha value is -2.61. The molecule has 0 saturated heterocycles. The molecule has 0 saturated carbocycles. The number of hydrogen-bond acceptors (Lipinski definition) is 4. The van der Waals surface area contributed by atoms with Crippen LogP contribution in [0.25, 0.3) is 6.08 Å². The van der Waals surface area contributed by atoms with Gasteiger partial charge in [-0.25, -0.2) is 0 Å². The Morgan fingerprint density at radius 1 is 1.26 bits per heavy atom. The van der Waals surface area contributed by atoms with Crippen LogP contribution in [-0.2, 0) is 4.79 Å². The molecular weight excluding hydrogens is 294 g/mol. The highest BCUT2D eigenvalue weighted by Gasteiger charge is 2.19. The second kappa shape index (κ2) is 8.14. The molecule has 0 aliphatic rings. The van der Waals surface area contributed by atoms with Crippen molar-refractivity contribution in [2.45, 2.75) is 25.8 Å². The summed E-state index contributed by atoms with van der Waals surface area (Å²) < 4.78 is 15.8. The van der Waals surface area contributed by atoms with Gasteiger partial charge in [-0.2, -0.15) is 0 Å². The molecule has 1 aromatic carbocycles. The number of carbonyl (C=O) groups excluding carboxylic acids is 1. The van der Waals surface area contributed by atoms with Crippen LogP contribution >= 0.6 is 0 Å². The first-order chi connectivity index (χ1) is 10.9. The first kappa shape index (κ1) is 18.4. The van der Waals surface area contributed by atoms with Crippen molar-refractivity contribution < 1.29 is 19.0 Å². The lowest BCUT2D eigenvalue weighted by atomic mass is 10.0. The Balaban J connectivity index is 3.01. The third-order valence-corrected chi connectivity index (χ3v) is 3.54. The normalized spacial score (nSPS) is 13.0. The molecule has 124 valence electrons. The molecule has 1 atom stereocenters. The summed E-state index contributed by atoms with van der Waals surface area (Å²) in [7, 11) is 4.61. The first-order valence-corrected chi connectivity index (χ1v) is 7.21. The number of amides is 1. The van der Waals surface area contributed by atoms with Crippen molar-refractivity contribution in [1.29, 1.82) is 0 Å². The largest absolute Gasteiger partial charge is 0.493 e. The predicted molar refractivity (Wildman–Crippen MR) is 90.8 cm³/mol. The highest BCUT2D eigenvalue weighted by molar-refractivity contribution is 5.92. The maximum Gasteiger partial charge on any atom is 0.245 e. The standard InChI is InChI=1S/C18H23NO4/c1-7-18(3,8-2)19-16(20)10-9-13-11-14(21-4)17(23-6)15(12-13)22-5/h1,9-12H,8H2,2-6H3,(H,19,20)/b10-9+/t18-/m1/s1. The minimum absolute atomic E-state index is 0.263. The van der Waals surface area contributed by atoms with E-state index in [1.165, 1.54) is 27.4 Å². The van der Waals surface area contributed by atoms with Crippen molar-refractivity contribution in [3.8, 4) is 29.6 Å². The van der Waals surface area contributed by atoms with Gasteiger partial charge in [0.05, 0.1) is 26.9 Å². The number of nitrogens with one attached hydrogen (secondary N) is 1. The van der Waals surface area contributed by atoms with Crippen molar-refractivity contribution in [1.82, 2.24) is 5.32 Å². The summed E-state index contributed by atoms with van der Waals surface area (Å²) in [4.78, 5) is 12.0. The van der Waals surface area contributed by atoms with Gasteiger partial charge in [0, 0.05) is 6.08 Å². The van der Waals surface area contributed by atoms with Crippen molar-refractivity contribution in [3.63, 3.8) is 0 Å². The lowest BCUT2D eigenvalue weighted by molar-refractivity contribution is -0.117. The molecule has 0 bridgehead atoms. The van der Waals surface area contributed by atoms with Gasteiger partial charge in [0.1, 0.15) is 0 Å². The van der Waals surface area contributed by atoms with E-state index in [-0.39, 0.29) is 5.91 Å². The van der Waals surface area contributed by atoms with Crippen LogP contribution in [0.15, 0.2) is 18.2 Å². The lowest BCUT2D eigenvalue weighted by Gasteiger charge is -2.22. The minimum atomic E-state index is -0.656. The number of hydrogen-bond donors (Lipinski definition) is 1. The summed E-state index contributed by atoms with van der Waals surface area (Å²) in [6.45, 7) is 3.72. The fourth-order valence-electron chi connectivity index (χ4n) is 1.91. The Morgan fingerprint density at radius 2 is 1.83 bits per heavy atom. The number of benzene rings is 1. The zero-order chi connectivity index (χ0) is 17.5. The molecule has 0 aliphatic carbocycles. The molecule has 5 heteroatoms. The molecule has 0 fully saturated rings. The van der Waals surface area contributed by atoms with E-state index in [1.54, 1.807) is 25.1 Å². The number of carbonyl (C=O) groups is 1. The summed E-state index contributed by atoms with van der Waals surface area (Å²) in [5.41, 5.74) is 0.0880. The molecule has 1 N–H and O–H groups in total. The van der Waals surface area contributed by atoms with Gasteiger partial charge in [-0.05, 0) is 37.1 Å². The maximum atomic E-state index is 12.0. The summed E-state index contributed by atoms with van der Waals surface area (Å²) in [5, 5.41) is 2.79. The molecule has 0 radical (unpaired) electrons. The SMILES string of the molecule is C#C[C@](C)(CC)NC(=O)/C=C/c1cc(OC)c(OC)c(OC)c1. The highest BCUT2D eigenvalue weighted by Crippen LogP contribution is 2.38. The molecule has 0 aromatic heterocycles. The van der Waals surface area contributed by atoms with Crippen molar-refractivity contribution >= 4 is 12.0 Å². The molecule has 0 heterocycles. The first-order valence-electron chi connectivity index (χ1n) is 7.21. The van der Waals surface area contributed by atoms with E-state index < -0.39 is 5.54 Å². The van der Waals surface area contributed by atoms with Gasteiger partial charge in [0.2, 0.25) is 11.7 Å². The summed E-state index contributed by atoms with van der Waals surface area (Å²) in [5.74, 6) is 3.87. The average molecular weight is 317 g/mol. The van der Waals surface area contributed by atoms with Crippen LogP contribution in [0.2, 0.25) is 0 Å². The topological polar surface area (TPSA) is 56.8 Å². The van der Waals surface area contributed by atoms with Crippen LogP contribution in [0.5, 0.6) is 17.2 Å². The number of methoxy groups -OCH3 is 3. The smallest absolute Gasteiger partial charge is 0.245 e. The van der Waals surface area contributed by atoms with Crippen LogP contribution in [0.3, 0.4) is 0 Å². The van der Waals surface area contributed by atoms with Crippen LogP contribution < -0.4 is 19.5 Å². The molecule has 1 rings (SSSR count). The van der Waals surface area contributed by atoms with Crippen molar-refractivity contribution in [2.75, 3.05) is 21.3 Å². The van der Waals surface area contributed by atoms with Crippen molar-refractivity contribution in [3.05, 3.63) is 23.8 Å². The molecule has 23 heavy (non-hydrogen) atoms. The van der Waals surface area contributed by atoms with Crippen LogP contribution in [0.1, 0.15) is 25.8 Å². The van der Waals surface area contributed by atoms with Crippen molar-refractivity contribution in [2.24, 2.45) is 0 Å². The van der Waals surface area contributed by atoms with Gasteiger partial charge >= 0.3 is 0 Å². The fraction of sp³-hybridized carbons (Fsp3) is 0.389. The quantitative estimate of drug-likeness (QED) is 0.620. The van der Waals surface area contributed by atoms with E-state index >= 15 is 0 Å². The monoisotopic (exact) mass is 317 g/mol. The van der Waals surface area contributed by atoms with Crippen LogP contribution in [-0.4, -0.2) is 32.8 Å².